The number of nitrogens with one attached hydrogen (secondary N) is 1. The van der Waals surface area contributed by atoms with Gasteiger partial charge in [-0.2, -0.15) is 0 Å². The van der Waals surface area contributed by atoms with Crippen molar-refractivity contribution in [2.75, 3.05) is 0 Å². The highest BCUT2D eigenvalue weighted by Gasteiger charge is 2.29. The van der Waals surface area contributed by atoms with Crippen LogP contribution in [0.25, 0.3) is 11.2 Å². The van der Waals surface area contributed by atoms with Gasteiger partial charge in [-0.15, -0.1) is 10.2 Å². The Morgan fingerprint density at radius 3 is 2.74 bits per heavy atom. The molecule has 0 amide bonds. The molecule has 3 aromatic heterocycles. The van der Waals surface area contributed by atoms with Crippen molar-refractivity contribution in [1.82, 2.24) is 29.3 Å². The zero-order valence-corrected chi connectivity index (χ0v) is 16.2. The highest BCUT2D eigenvalue weighted by atomic mass is 32.2. The maximum Gasteiger partial charge on any atom is 0.330 e. The summed E-state index contributed by atoms with van der Waals surface area (Å²) in [6, 6.07) is 0. The number of fused-ring (bicyclic) bond motifs is 1. The Morgan fingerprint density at radius 2 is 2.04 bits per heavy atom. The van der Waals surface area contributed by atoms with Gasteiger partial charge in [-0.3, -0.25) is 14.3 Å². The number of imidazole rings is 1. The zero-order chi connectivity index (χ0) is 19.0. The van der Waals surface area contributed by atoms with E-state index < -0.39 is 11.2 Å². The third-order valence-electron chi connectivity index (χ3n) is 4.69. The first-order valence-electron chi connectivity index (χ1n) is 9.30. The van der Waals surface area contributed by atoms with E-state index in [4.69, 9.17) is 4.42 Å². The van der Waals surface area contributed by atoms with Crippen molar-refractivity contribution in [2.45, 2.75) is 69.5 Å². The molecule has 0 radical (unpaired) electrons. The summed E-state index contributed by atoms with van der Waals surface area (Å²) in [5.41, 5.74) is 0.0703. The molecule has 0 saturated heterocycles. The number of aromatic nitrogens is 6. The normalized spacial score (nSPS) is 14.3. The molecule has 4 rings (SSSR count). The topological polar surface area (TPSA) is 112 Å². The van der Waals surface area contributed by atoms with Gasteiger partial charge in [0.15, 0.2) is 11.2 Å². The van der Waals surface area contributed by atoms with Crippen LogP contribution in [0.3, 0.4) is 0 Å². The number of aryl methyl sites for hydroxylation is 2. The molecule has 0 atom stereocenters. The summed E-state index contributed by atoms with van der Waals surface area (Å²) in [7, 11) is 0. The van der Waals surface area contributed by atoms with Crippen LogP contribution in [0.5, 0.6) is 0 Å². The second kappa shape index (κ2) is 7.34. The van der Waals surface area contributed by atoms with E-state index in [0.717, 1.165) is 25.7 Å². The standard InChI is InChI=1S/C17H22N6O3S/c1-3-5-8-23-13-12(14(24)19-16(23)25)22(4-2)11(18-13)9-27-17-21-20-15(26-17)10-6-7-10/h10H,3-9H2,1-2H3,(H,19,24,25). The molecule has 144 valence electrons. The third-order valence-corrected chi connectivity index (χ3v) is 5.50. The highest BCUT2D eigenvalue weighted by Crippen LogP contribution is 2.40. The van der Waals surface area contributed by atoms with Crippen molar-refractivity contribution in [3.05, 3.63) is 32.6 Å². The molecule has 3 heterocycles. The molecule has 0 aromatic carbocycles. The Labute approximate surface area is 159 Å². The van der Waals surface area contributed by atoms with Gasteiger partial charge >= 0.3 is 5.69 Å². The molecular weight excluding hydrogens is 368 g/mol. The SMILES string of the molecule is CCCCn1c(=O)[nH]c(=O)c2c1nc(CSc1nnc(C3CC3)o1)n2CC. The first-order valence-corrected chi connectivity index (χ1v) is 10.3. The summed E-state index contributed by atoms with van der Waals surface area (Å²) in [5, 5.41) is 8.67. The summed E-state index contributed by atoms with van der Waals surface area (Å²) in [6.07, 6.45) is 4.01. The fraction of sp³-hybridized carbons (Fsp3) is 0.588. The fourth-order valence-electron chi connectivity index (χ4n) is 3.09. The second-order valence-corrected chi connectivity index (χ2v) is 7.60. The van der Waals surface area contributed by atoms with E-state index in [9.17, 15) is 9.59 Å². The Kier molecular flexibility index (Phi) is 4.90. The van der Waals surface area contributed by atoms with Gasteiger partial charge in [-0.05, 0) is 26.2 Å². The lowest BCUT2D eigenvalue weighted by atomic mass is 10.3. The van der Waals surface area contributed by atoms with Gasteiger partial charge in [0, 0.05) is 19.0 Å². The quantitative estimate of drug-likeness (QED) is 0.587. The van der Waals surface area contributed by atoms with Gasteiger partial charge in [0.25, 0.3) is 10.8 Å². The van der Waals surface area contributed by atoms with Crippen LogP contribution in [-0.4, -0.2) is 29.3 Å². The predicted octanol–water partition coefficient (Wildman–Crippen LogP) is 2.26. The van der Waals surface area contributed by atoms with Crippen LogP contribution in [0.2, 0.25) is 0 Å². The minimum absolute atomic E-state index is 0.401. The minimum atomic E-state index is -0.410. The van der Waals surface area contributed by atoms with Crippen LogP contribution in [0, 0.1) is 0 Å². The summed E-state index contributed by atoms with van der Waals surface area (Å²) in [6.45, 7) is 5.12. The van der Waals surface area contributed by atoms with Crippen molar-refractivity contribution in [3.63, 3.8) is 0 Å². The Hall–Kier alpha value is -2.36. The van der Waals surface area contributed by atoms with Crippen molar-refractivity contribution < 1.29 is 4.42 Å². The maximum absolute atomic E-state index is 12.4. The van der Waals surface area contributed by atoms with Crippen LogP contribution >= 0.6 is 11.8 Å². The Morgan fingerprint density at radius 1 is 1.22 bits per heavy atom. The highest BCUT2D eigenvalue weighted by molar-refractivity contribution is 7.98. The lowest BCUT2D eigenvalue weighted by molar-refractivity contribution is 0.414. The van der Waals surface area contributed by atoms with Crippen molar-refractivity contribution in [3.8, 4) is 0 Å². The molecule has 27 heavy (non-hydrogen) atoms. The first kappa shape index (κ1) is 18.0. The number of H-pyrrole nitrogens is 1. The summed E-state index contributed by atoms with van der Waals surface area (Å²) < 4.78 is 9.08. The van der Waals surface area contributed by atoms with Gasteiger partial charge in [-0.1, -0.05) is 25.1 Å². The van der Waals surface area contributed by atoms with E-state index in [1.807, 2.05) is 11.5 Å². The number of thioether (sulfide) groups is 1. The van der Waals surface area contributed by atoms with Crippen LogP contribution in [0.4, 0.5) is 0 Å². The molecule has 1 aliphatic carbocycles. The van der Waals surface area contributed by atoms with Crippen molar-refractivity contribution in [2.24, 2.45) is 0 Å². The van der Waals surface area contributed by atoms with Crippen LogP contribution in [0.15, 0.2) is 19.2 Å². The van der Waals surface area contributed by atoms with Crippen molar-refractivity contribution in [1.29, 1.82) is 0 Å². The van der Waals surface area contributed by atoms with Crippen LogP contribution in [-0.2, 0) is 18.8 Å². The van der Waals surface area contributed by atoms with Gasteiger partial charge in [0.05, 0.1) is 5.75 Å². The van der Waals surface area contributed by atoms with E-state index in [0.29, 0.717) is 52.9 Å². The Balaban J connectivity index is 1.67. The molecule has 3 aromatic rings. The maximum atomic E-state index is 12.4. The minimum Gasteiger partial charge on any atom is -0.416 e. The molecule has 1 N–H and O–H groups in total. The number of hydrogen-bond donors (Lipinski definition) is 1. The molecular formula is C17H22N6O3S. The number of hydrogen-bond acceptors (Lipinski definition) is 7. The van der Waals surface area contributed by atoms with E-state index in [1.54, 1.807) is 4.57 Å². The summed E-state index contributed by atoms with van der Waals surface area (Å²) in [4.78, 5) is 31.7. The summed E-state index contributed by atoms with van der Waals surface area (Å²) >= 11 is 1.39. The smallest absolute Gasteiger partial charge is 0.330 e. The van der Waals surface area contributed by atoms with Gasteiger partial charge < -0.3 is 8.98 Å². The predicted molar refractivity (Wildman–Crippen MR) is 101 cm³/mol. The molecule has 9 nitrogen and oxygen atoms in total. The lowest BCUT2D eigenvalue weighted by Gasteiger charge is -2.06. The average Bonchev–Trinajstić information content (AvgIpc) is 3.27. The molecule has 0 spiro atoms. The monoisotopic (exact) mass is 390 g/mol. The molecule has 1 aliphatic rings. The molecule has 10 heteroatoms. The Bertz CT molecular complexity index is 1070. The lowest BCUT2D eigenvalue weighted by Crippen LogP contribution is -2.31. The number of nitrogens with zero attached hydrogens (tertiary/aromatic N) is 5. The number of rotatable bonds is 8. The van der Waals surface area contributed by atoms with Gasteiger partial charge in [0.1, 0.15) is 5.82 Å². The molecule has 0 bridgehead atoms. The zero-order valence-electron chi connectivity index (χ0n) is 15.4. The average molecular weight is 390 g/mol. The van der Waals surface area contributed by atoms with E-state index >= 15 is 0 Å². The number of unbranched alkanes of at least 4 members (excludes halogenated alkanes) is 1. The molecule has 1 fully saturated rings. The third kappa shape index (κ3) is 3.45. The largest absolute Gasteiger partial charge is 0.416 e. The van der Waals surface area contributed by atoms with Crippen LogP contribution < -0.4 is 11.2 Å². The van der Waals surface area contributed by atoms with E-state index in [2.05, 4.69) is 27.1 Å². The van der Waals surface area contributed by atoms with E-state index in [-0.39, 0.29) is 0 Å². The number of aromatic amines is 1. The van der Waals surface area contributed by atoms with Gasteiger partial charge in [0.2, 0.25) is 5.89 Å². The molecule has 0 unspecified atom stereocenters. The second-order valence-electron chi connectivity index (χ2n) is 6.68. The van der Waals surface area contributed by atoms with Crippen LogP contribution in [0.1, 0.15) is 57.2 Å². The summed E-state index contributed by atoms with van der Waals surface area (Å²) in [5.74, 6) is 2.31. The molecule has 0 aliphatic heterocycles. The van der Waals surface area contributed by atoms with Crippen molar-refractivity contribution >= 4 is 22.9 Å². The first-order chi connectivity index (χ1) is 13.1. The fourth-order valence-corrected chi connectivity index (χ4v) is 3.81. The molecule has 1 saturated carbocycles. The van der Waals surface area contributed by atoms with Gasteiger partial charge in [-0.25, -0.2) is 9.78 Å². The van der Waals surface area contributed by atoms with E-state index in [1.165, 1.54) is 11.8 Å².